The highest BCUT2D eigenvalue weighted by Crippen LogP contribution is 2.32. The second-order valence-corrected chi connectivity index (χ2v) is 6.61. The van der Waals surface area contributed by atoms with Crippen LogP contribution in [0, 0.1) is 17.8 Å². The molecule has 2 aliphatic rings. The molecule has 106 valence electrons. The SMILES string of the molecule is CC1CC(C)C(N(C)CCOCC2CC2)C(O)C1. The highest BCUT2D eigenvalue weighted by molar-refractivity contribution is 4.88. The van der Waals surface area contributed by atoms with Crippen LogP contribution in [0.3, 0.4) is 0 Å². The summed E-state index contributed by atoms with van der Waals surface area (Å²) in [7, 11) is 2.13. The number of aliphatic hydroxyl groups is 1. The van der Waals surface area contributed by atoms with Crippen LogP contribution in [-0.4, -0.2) is 49.0 Å². The van der Waals surface area contributed by atoms with Gasteiger partial charge in [-0.25, -0.2) is 0 Å². The van der Waals surface area contributed by atoms with E-state index >= 15 is 0 Å². The van der Waals surface area contributed by atoms with Crippen LogP contribution >= 0.6 is 0 Å². The summed E-state index contributed by atoms with van der Waals surface area (Å²) in [5.41, 5.74) is 0. The van der Waals surface area contributed by atoms with Gasteiger partial charge in [-0.15, -0.1) is 0 Å². The molecule has 0 aliphatic heterocycles. The number of ether oxygens (including phenoxy) is 1. The van der Waals surface area contributed by atoms with Gasteiger partial charge >= 0.3 is 0 Å². The Kier molecular flexibility index (Phi) is 5.05. The lowest BCUT2D eigenvalue weighted by molar-refractivity contribution is -0.0237. The van der Waals surface area contributed by atoms with E-state index in [2.05, 4.69) is 25.8 Å². The molecule has 2 saturated carbocycles. The van der Waals surface area contributed by atoms with Crippen molar-refractivity contribution in [1.82, 2.24) is 4.90 Å². The molecule has 0 saturated heterocycles. The largest absolute Gasteiger partial charge is 0.391 e. The Morgan fingerprint density at radius 1 is 1.22 bits per heavy atom. The monoisotopic (exact) mass is 255 g/mol. The normalized spacial score (nSPS) is 37.2. The third kappa shape index (κ3) is 3.94. The summed E-state index contributed by atoms with van der Waals surface area (Å²) in [5, 5.41) is 10.3. The third-order valence-electron chi connectivity index (χ3n) is 4.54. The molecule has 4 unspecified atom stereocenters. The fourth-order valence-corrected chi connectivity index (χ4v) is 3.42. The van der Waals surface area contributed by atoms with E-state index in [4.69, 9.17) is 4.74 Å². The van der Waals surface area contributed by atoms with Crippen molar-refractivity contribution in [2.75, 3.05) is 26.8 Å². The lowest BCUT2D eigenvalue weighted by Crippen LogP contribution is -2.50. The van der Waals surface area contributed by atoms with Gasteiger partial charge in [0, 0.05) is 19.2 Å². The van der Waals surface area contributed by atoms with Crippen LogP contribution in [-0.2, 0) is 4.74 Å². The van der Waals surface area contributed by atoms with E-state index in [1.54, 1.807) is 0 Å². The van der Waals surface area contributed by atoms with Crippen molar-refractivity contribution >= 4 is 0 Å². The average molecular weight is 255 g/mol. The summed E-state index contributed by atoms with van der Waals surface area (Å²) in [6.07, 6.45) is 4.72. The molecule has 3 heteroatoms. The zero-order valence-electron chi connectivity index (χ0n) is 12.1. The van der Waals surface area contributed by atoms with Gasteiger partial charge in [0.05, 0.1) is 12.7 Å². The minimum atomic E-state index is -0.169. The Bertz CT molecular complexity index is 243. The number of rotatable bonds is 6. The molecule has 0 amide bonds. The van der Waals surface area contributed by atoms with Gasteiger partial charge in [0.1, 0.15) is 0 Å². The van der Waals surface area contributed by atoms with Crippen LogP contribution in [0.2, 0.25) is 0 Å². The molecule has 0 spiro atoms. The first kappa shape index (κ1) is 14.3. The number of aliphatic hydroxyl groups excluding tert-OH is 1. The van der Waals surface area contributed by atoms with Gasteiger partial charge in [-0.1, -0.05) is 13.8 Å². The van der Waals surface area contributed by atoms with E-state index in [0.29, 0.717) is 17.9 Å². The fraction of sp³-hybridized carbons (Fsp3) is 1.00. The van der Waals surface area contributed by atoms with Crippen LogP contribution in [0.1, 0.15) is 39.5 Å². The Morgan fingerprint density at radius 3 is 2.56 bits per heavy atom. The molecule has 4 atom stereocenters. The van der Waals surface area contributed by atoms with E-state index in [-0.39, 0.29) is 6.10 Å². The van der Waals surface area contributed by atoms with Gasteiger partial charge in [0.2, 0.25) is 0 Å². The van der Waals surface area contributed by atoms with Crippen molar-refractivity contribution < 1.29 is 9.84 Å². The maximum Gasteiger partial charge on any atom is 0.0700 e. The van der Waals surface area contributed by atoms with E-state index in [0.717, 1.165) is 32.1 Å². The molecule has 0 heterocycles. The van der Waals surface area contributed by atoms with Crippen LogP contribution in [0.4, 0.5) is 0 Å². The molecule has 0 radical (unpaired) electrons. The fourth-order valence-electron chi connectivity index (χ4n) is 3.42. The zero-order chi connectivity index (χ0) is 13.1. The van der Waals surface area contributed by atoms with Crippen molar-refractivity contribution in [3.05, 3.63) is 0 Å². The van der Waals surface area contributed by atoms with Gasteiger partial charge in [0.25, 0.3) is 0 Å². The van der Waals surface area contributed by atoms with Crippen molar-refractivity contribution in [1.29, 1.82) is 0 Å². The van der Waals surface area contributed by atoms with Gasteiger partial charge < -0.3 is 9.84 Å². The number of hydrogen-bond acceptors (Lipinski definition) is 3. The molecule has 2 aliphatic carbocycles. The highest BCUT2D eigenvalue weighted by Gasteiger charge is 2.35. The van der Waals surface area contributed by atoms with Crippen molar-refractivity contribution in [2.24, 2.45) is 17.8 Å². The quantitative estimate of drug-likeness (QED) is 0.738. The van der Waals surface area contributed by atoms with Crippen LogP contribution < -0.4 is 0 Å². The first-order chi connectivity index (χ1) is 8.58. The summed E-state index contributed by atoms with van der Waals surface area (Å²) < 4.78 is 5.69. The second kappa shape index (κ2) is 6.36. The molecule has 0 aromatic heterocycles. The minimum Gasteiger partial charge on any atom is -0.391 e. The molecule has 0 aromatic carbocycles. The predicted molar refractivity (Wildman–Crippen MR) is 73.5 cm³/mol. The number of hydrogen-bond donors (Lipinski definition) is 1. The van der Waals surface area contributed by atoms with Crippen molar-refractivity contribution in [2.45, 2.75) is 51.7 Å². The summed E-state index contributed by atoms with van der Waals surface area (Å²) in [5.74, 6) is 2.08. The van der Waals surface area contributed by atoms with Crippen LogP contribution in [0.25, 0.3) is 0 Å². The molecule has 2 fully saturated rings. The molecular weight excluding hydrogens is 226 g/mol. The Morgan fingerprint density at radius 2 is 1.94 bits per heavy atom. The van der Waals surface area contributed by atoms with E-state index < -0.39 is 0 Å². The Balaban J connectivity index is 1.70. The van der Waals surface area contributed by atoms with Gasteiger partial charge in [-0.3, -0.25) is 4.90 Å². The van der Waals surface area contributed by atoms with Crippen molar-refractivity contribution in [3.8, 4) is 0 Å². The van der Waals surface area contributed by atoms with E-state index in [9.17, 15) is 5.11 Å². The highest BCUT2D eigenvalue weighted by atomic mass is 16.5. The van der Waals surface area contributed by atoms with Crippen molar-refractivity contribution in [3.63, 3.8) is 0 Å². The molecule has 1 N–H and O–H groups in total. The van der Waals surface area contributed by atoms with Crippen LogP contribution in [0.5, 0.6) is 0 Å². The van der Waals surface area contributed by atoms with E-state index in [1.807, 2.05) is 0 Å². The third-order valence-corrected chi connectivity index (χ3v) is 4.54. The van der Waals surface area contributed by atoms with E-state index in [1.165, 1.54) is 19.3 Å². The van der Waals surface area contributed by atoms with Gasteiger partial charge in [-0.05, 0) is 50.5 Å². The topological polar surface area (TPSA) is 32.7 Å². The summed E-state index contributed by atoms with van der Waals surface area (Å²) in [6.45, 7) is 7.19. The molecule has 0 bridgehead atoms. The summed E-state index contributed by atoms with van der Waals surface area (Å²) in [4.78, 5) is 2.30. The van der Waals surface area contributed by atoms with Crippen LogP contribution in [0.15, 0.2) is 0 Å². The first-order valence-electron chi connectivity index (χ1n) is 7.54. The Labute approximate surface area is 112 Å². The number of nitrogens with zero attached hydrogens (tertiary/aromatic N) is 1. The molecule has 18 heavy (non-hydrogen) atoms. The second-order valence-electron chi connectivity index (χ2n) is 6.61. The maximum absolute atomic E-state index is 10.3. The summed E-state index contributed by atoms with van der Waals surface area (Å²) >= 11 is 0. The summed E-state index contributed by atoms with van der Waals surface area (Å²) in [6, 6.07) is 0.311. The smallest absolute Gasteiger partial charge is 0.0700 e. The van der Waals surface area contributed by atoms with Gasteiger partial charge in [0.15, 0.2) is 0 Å². The molecular formula is C15H29NO2. The average Bonchev–Trinajstić information content (AvgIpc) is 3.06. The first-order valence-corrected chi connectivity index (χ1v) is 7.54. The Hall–Kier alpha value is -0.120. The lowest BCUT2D eigenvalue weighted by atomic mass is 9.77. The maximum atomic E-state index is 10.3. The molecule has 0 aromatic rings. The lowest BCUT2D eigenvalue weighted by Gasteiger charge is -2.42. The zero-order valence-corrected chi connectivity index (χ0v) is 12.1. The molecule has 2 rings (SSSR count). The molecule has 3 nitrogen and oxygen atoms in total. The standard InChI is InChI=1S/C15H29NO2/c1-11-8-12(2)15(14(17)9-11)16(3)6-7-18-10-13-4-5-13/h11-15,17H,4-10H2,1-3H3. The number of likely N-dealkylation sites (N-methyl/N-ethyl adjacent to an activating group) is 1. The predicted octanol–water partition coefficient (Wildman–Crippen LogP) is 2.14. The van der Waals surface area contributed by atoms with Gasteiger partial charge in [-0.2, -0.15) is 0 Å². The minimum absolute atomic E-state index is 0.169.